The second-order valence-electron chi connectivity index (χ2n) is 12.3. The van der Waals surface area contributed by atoms with E-state index >= 15 is 0 Å². The molecule has 4 fully saturated rings. The minimum Gasteiger partial charge on any atom is -0.374 e. The van der Waals surface area contributed by atoms with E-state index in [1.165, 1.54) is 0 Å². The van der Waals surface area contributed by atoms with Crippen LogP contribution < -0.4 is 0 Å². The second-order valence-corrected chi connectivity index (χ2v) is 12.3. The molecule has 1 nitrogen and oxygen atoms in total. The first-order valence-electron chi connectivity index (χ1n) is 12.7. The molecule has 2 aliphatic heterocycles. The third kappa shape index (κ3) is 4.52. The molecule has 4 rings (SSSR count). The third-order valence-corrected chi connectivity index (χ3v) is 10.9. The minimum absolute atomic E-state index is 0.00645. The SMILES string of the molecule is CC1C2CC(C(C)(C(F)(F)F)C(F)(F)F)C(O2)C1C.CC1C2CC(C1C)C(C(C)(C(F)(F)F)C(F)(F)F)C2. The fourth-order valence-corrected chi connectivity index (χ4v) is 7.53. The molecule has 0 amide bonds. The fourth-order valence-electron chi connectivity index (χ4n) is 7.53. The molecule has 0 aromatic rings. The maximum Gasteiger partial charge on any atom is 0.403 e. The third-order valence-electron chi connectivity index (χ3n) is 10.9. The highest BCUT2D eigenvalue weighted by Gasteiger charge is 2.75. The lowest BCUT2D eigenvalue weighted by Gasteiger charge is -2.45. The van der Waals surface area contributed by atoms with Crippen LogP contribution in [0.3, 0.4) is 0 Å². The van der Waals surface area contributed by atoms with Crippen molar-refractivity contribution >= 4 is 0 Å². The van der Waals surface area contributed by atoms with Crippen LogP contribution in [-0.2, 0) is 4.74 Å². The van der Waals surface area contributed by atoms with Crippen LogP contribution >= 0.6 is 0 Å². The molecule has 4 aliphatic rings. The van der Waals surface area contributed by atoms with E-state index in [0.717, 1.165) is 0 Å². The Balaban J connectivity index is 0.000000211. The van der Waals surface area contributed by atoms with Gasteiger partial charge in [-0.15, -0.1) is 0 Å². The van der Waals surface area contributed by atoms with Crippen molar-refractivity contribution in [2.24, 2.45) is 58.2 Å². The average Bonchev–Trinajstić information content (AvgIpc) is 3.48. The smallest absolute Gasteiger partial charge is 0.374 e. The first-order valence-corrected chi connectivity index (χ1v) is 12.7. The van der Waals surface area contributed by atoms with Crippen molar-refractivity contribution < 1.29 is 57.4 Å². The van der Waals surface area contributed by atoms with Crippen LogP contribution in [0.2, 0.25) is 0 Å². The summed E-state index contributed by atoms with van der Waals surface area (Å²) in [4.78, 5) is 0. The summed E-state index contributed by atoms with van der Waals surface area (Å²) in [7, 11) is 0. The van der Waals surface area contributed by atoms with Crippen LogP contribution in [0.25, 0.3) is 0 Å². The van der Waals surface area contributed by atoms with Crippen LogP contribution in [0.1, 0.15) is 60.8 Å². The maximum absolute atomic E-state index is 13.1. The van der Waals surface area contributed by atoms with E-state index in [0.29, 0.717) is 13.3 Å². The van der Waals surface area contributed by atoms with Crippen molar-refractivity contribution in [1.29, 1.82) is 0 Å². The van der Waals surface area contributed by atoms with Gasteiger partial charge in [-0.05, 0) is 74.5 Å². The van der Waals surface area contributed by atoms with Gasteiger partial charge in [0.15, 0.2) is 10.8 Å². The van der Waals surface area contributed by atoms with Gasteiger partial charge in [0.1, 0.15) is 0 Å². The lowest BCUT2D eigenvalue weighted by atomic mass is 9.63. The minimum atomic E-state index is -5.33. The van der Waals surface area contributed by atoms with Crippen LogP contribution in [0, 0.1) is 58.2 Å². The van der Waals surface area contributed by atoms with Crippen molar-refractivity contribution in [2.75, 3.05) is 0 Å². The van der Waals surface area contributed by atoms with Gasteiger partial charge >= 0.3 is 24.7 Å². The van der Waals surface area contributed by atoms with Crippen molar-refractivity contribution in [1.82, 2.24) is 0 Å². The quantitative estimate of drug-likeness (QED) is 0.297. The van der Waals surface area contributed by atoms with Gasteiger partial charge in [0.05, 0.1) is 12.2 Å². The highest BCUT2D eigenvalue weighted by atomic mass is 19.4. The van der Waals surface area contributed by atoms with Crippen molar-refractivity contribution in [3.8, 4) is 0 Å². The number of halogens is 12. The Kier molecular flexibility index (Phi) is 7.77. The molecule has 4 bridgehead atoms. The highest BCUT2D eigenvalue weighted by Crippen LogP contribution is 2.67. The zero-order valence-electron chi connectivity index (χ0n) is 21.8. The summed E-state index contributed by atoms with van der Waals surface area (Å²) in [6, 6.07) is 0. The summed E-state index contributed by atoms with van der Waals surface area (Å²) in [5, 5.41) is 0. The highest BCUT2D eigenvalue weighted by molar-refractivity contribution is 5.08. The van der Waals surface area contributed by atoms with Gasteiger partial charge in [0.25, 0.3) is 0 Å². The van der Waals surface area contributed by atoms with E-state index < -0.39 is 65.5 Å². The Morgan fingerprint density at radius 3 is 1.24 bits per heavy atom. The van der Waals surface area contributed by atoms with E-state index in [2.05, 4.69) is 0 Å². The Labute approximate surface area is 214 Å². The topological polar surface area (TPSA) is 9.23 Å². The Bertz CT molecular complexity index is 754. The van der Waals surface area contributed by atoms with Crippen molar-refractivity contribution in [2.45, 2.75) is 97.7 Å². The first kappa shape index (κ1) is 31.6. The van der Waals surface area contributed by atoms with Crippen LogP contribution in [0.4, 0.5) is 52.7 Å². The summed E-state index contributed by atoms with van der Waals surface area (Å²) < 4.78 is 162. The molecule has 10 unspecified atom stereocenters. The average molecular weight is 579 g/mol. The van der Waals surface area contributed by atoms with E-state index in [9.17, 15) is 52.7 Å². The van der Waals surface area contributed by atoms with Crippen LogP contribution in [-0.4, -0.2) is 36.9 Å². The van der Waals surface area contributed by atoms with Gasteiger partial charge in [0, 0.05) is 5.92 Å². The second kappa shape index (κ2) is 9.33. The monoisotopic (exact) mass is 578 g/mol. The molecule has 224 valence electrons. The van der Waals surface area contributed by atoms with E-state index in [1.54, 1.807) is 13.8 Å². The normalized spacial score (nSPS) is 39.9. The largest absolute Gasteiger partial charge is 0.403 e. The Morgan fingerprint density at radius 2 is 0.921 bits per heavy atom. The molecule has 2 heterocycles. The molecule has 38 heavy (non-hydrogen) atoms. The Hall–Kier alpha value is -0.880. The van der Waals surface area contributed by atoms with E-state index in [4.69, 9.17) is 4.74 Å². The van der Waals surface area contributed by atoms with Gasteiger partial charge in [0.2, 0.25) is 0 Å². The number of hydrogen-bond donors (Lipinski definition) is 0. The van der Waals surface area contributed by atoms with Crippen molar-refractivity contribution in [3.63, 3.8) is 0 Å². The zero-order chi connectivity index (χ0) is 29.6. The van der Waals surface area contributed by atoms with Gasteiger partial charge in [-0.3, -0.25) is 0 Å². The molecule has 0 N–H and O–H groups in total. The molecule has 0 aromatic heterocycles. The fraction of sp³-hybridized carbons (Fsp3) is 1.00. The van der Waals surface area contributed by atoms with Crippen LogP contribution in [0.15, 0.2) is 0 Å². The molecule has 0 radical (unpaired) electrons. The first-order chi connectivity index (χ1) is 16.8. The zero-order valence-corrected chi connectivity index (χ0v) is 21.8. The molecule has 0 aromatic carbocycles. The Morgan fingerprint density at radius 1 is 0.500 bits per heavy atom. The lowest BCUT2D eigenvalue weighted by Crippen LogP contribution is -2.56. The van der Waals surface area contributed by atoms with E-state index in [1.807, 2.05) is 13.8 Å². The van der Waals surface area contributed by atoms with Gasteiger partial charge < -0.3 is 4.74 Å². The number of rotatable bonds is 2. The molecular weight excluding hydrogens is 544 g/mol. The number of fused-ring (bicyclic) bond motifs is 4. The van der Waals surface area contributed by atoms with Crippen molar-refractivity contribution in [3.05, 3.63) is 0 Å². The van der Waals surface area contributed by atoms with E-state index in [-0.39, 0.29) is 49.4 Å². The summed E-state index contributed by atoms with van der Waals surface area (Å²) in [5.41, 5.74) is -7.28. The lowest BCUT2D eigenvalue weighted by molar-refractivity contribution is -0.358. The van der Waals surface area contributed by atoms with Gasteiger partial charge in [-0.2, -0.15) is 52.7 Å². The summed E-state index contributed by atoms with van der Waals surface area (Å²) in [6.07, 6.45) is -22.2. The standard InChI is InChI=1S/C13H18F6.C12H16F6O/c1-6-7(2)9-4-8(6)5-10(9)11(3,12(14,15)16)13(17,18)19;1-5-6(2)9-7(4-8(5)19-9)10(3,11(13,14)15)12(16,17)18/h6-10H,4-5H2,1-3H3;5-9H,4H2,1-3H3. The molecule has 2 saturated heterocycles. The number of ether oxygens (including phenoxy) is 1. The van der Waals surface area contributed by atoms with Gasteiger partial charge in [-0.25, -0.2) is 0 Å². The number of alkyl halides is 12. The molecule has 2 saturated carbocycles. The summed E-state index contributed by atoms with van der Waals surface area (Å²) in [6.45, 7) is 7.80. The maximum atomic E-state index is 13.1. The molecule has 10 atom stereocenters. The number of hydrogen-bond acceptors (Lipinski definition) is 1. The molecule has 0 spiro atoms. The van der Waals surface area contributed by atoms with Crippen LogP contribution in [0.5, 0.6) is 0 Å². The predicted molar refractivity (Wildman–Crippen MR) is 114 cm³/mol. The summed E-state index contributed by atoms with van der Waals surface area (Å²) in [5.74, 6) is -3.45. The molecule has 13 heteroatoms. The summed E-state index contributed by atoms with van der Waals surface area (Å²) >= 11 is 0. The predicted octanol–water partition coefficient (Wildman–Crippen LogP) is 9.22. The molecule has 2 aliphatic carbocycles. The molecular formula is C25H34F12O. The van der Waals surface area contributed by atoms with Gasteiger partial charge in [-0.1, -0.05) is 27.7 Å².